The highest BCUT2D eigenvalue weighted by Gasteiger charge is 2.20. The summed E-state index contributed by atoms with van der Waals surface area (Å²) in [5, 5.41) is 14.1. The zero-order valence-corrected chi connectivity index (χ0v) is 9.80. The number of rotatable bonds is 1. The molecule has 0 fully saturated rings. The fourth-order valence-corrected chi connectivity index (χ4v) is 2.20. The number of benzene rings is 1. The van der Waals surface area contributed by atoms with E-state index < -0.39 is 0 Å². The lowest BCUT2D eigenvalue weighted by Gasteiger charge is -2.16. The number of hydrogen-bond donors (Lipinski definition) is 1. The minimum atomic E-state index is -0.267. The van der Waals surface area contributed by atoms with Crippen LogP contribution in [0.5, 0.6) is 0 Å². The van der Waals surface area contributed by atoms with Crippen molar-refractivity contribution in [1.82, 2.24) is 14.8 Å². The average molecular weight is 229 g/mol. The predicted octanol–water partition coefficient (Wildman–Crippen LogP) is 1.56. The first-order chi connectivity index (χ1) is 8.22. The molecule has 0 bridgehead atoms. The molecule has 0 saturated heterocycles. The molecular formula is C13H15N3O. The number of aliphatic hydroxyl groups is 1. The van der Waals surface area contributed by atoms with Crippen molar-refractivity contribution in [2.45, 2.75) is 32.4 Å². The van der Waals surface area contributed by atoms with Crippen LogP contribution in [0.2, 0.25) is 0 Å². The summed E-state index contributed by atoms with van der Waals surface area (Å²) in [6, 6.07) is 8.17. The van der Waals surface area contributed by atoms with E-state index in [0.717, 1.165) is 30.2 Å². The van der Waals surface area contributed by atoms with Crippen molar-refractivity contribution in [3.05, 3.63) is 35.7 Å². The molecule has 0 aliphatic carbocycles. The zero-order valence-electron chi connectivity index (χ0n) is 9.80. The fraction of sp³-hybridized carbons (Fsp3) is 0.385. The molecule has 1 aliphatic rings. The highest BCUT2D eigenvalue weighted by Crippen LogP contribution is 2.20. The van der Waals surface area contributed by atoms with Gasteiger partial charge in [-0.2, -0.15) is 5.10 Å². The van der Waals surface area contributed by atoms with Gasteiger partial charge < -0.3 is 5.11 Å². The molecule has 2 aromatic rings. The number of fused-ring (bicyclic) bond motifs is 1. The first kappa shape index (κ1) is 10.5. The Bertz CT molecular complexity index is 547. The van der Waals surface area contributed by atoms with Crippen LogP contribution in [0, 0.1) is 6.92 Å². The van der Waals surface area contributed by atoms with E-state index in [1.807, 2.05) is 16.8 Å². The van der Waals surface area contributed by atoms with Gasteiger partial charge in [-0.3, -0.25) is 0 Å². The molecule has 4 heteroatoms. The van der Waals surface area contributed by atoms with E-state index in [9.17, 15) is 5.11 Å². The zero-order chi connectivity index (χ0) is 11.8. The summed E-state index contributed by atoms with van der Waals surface area (Å²) in [7, 11) is 0. The Balaban J connectivity index is 2.00. The molecule has 1 aromatic carbocycles. The molecule has 1 N–H and O–H groups in total. The molecule has 17 heavy (non-hydrogen) atoms. The first-order valence-corrected chi connectivity index (χ1v) is 5.91. The minimum Gasteiger partial charge on any atom is -0.393 e. The summed E-state index contributed by atoms with van der Waals surface area (Å²) in [5.74, 6) is 1.65. The maximum absolute atomic E-state index is 9.60. The minimum absolute atomic E-state index is 0.267. The van der Waals surface area contributed by atoms with Crippen LogP contribution in [0.1, 0.15) is 17.8 Å². The molecule has 0 saturated carbocycles. The molecule has 1 aliphatic heterocycles. The first-order valence-electron chi connectivity index (χ1n) is 5.91. The molecule has 1 aromatic heterocycles. The standard InChI is InChI=1S/C13H15N3O/c1-9-3-2-4-10(7-9)13-14-12-8-11(17)5-6-16(12)15-13/h2-4,7,11,17H,5-6,8H2,1H3. The predicted molar refractivity (Wildman–Crippen MR) is 64.5 cm³/mol. The molecule has 4 nitrogen and oxygen atoms in total. The van der Waals surface area contributed by atoms with Crippen LogP contribution < -0.4 is 0 Å². The van der Waals surface area contributed by atoms with E-state index in [4.69, 9.17) is 0 Å². The highest BCUT2D eigenvalue weighted by molar-refractivity contribution is 5.55. The Morgan fingerprint density at radius 3 is 3.12 bits per heavy atom. The lowest BCUT2D eigenvalue weighted by atomic mass is 10.1. The van der Waals surface area contributed by atoms with Crippen molar-refractivity contribution >= 4 is 0 Å². The second-order valence-electron chi connectivity index (χ2n) is 4.59. The van der Waals surface area contributed by atoms with Gasteiger partial charge in [-0.1, -0.05) is 23.8 Å². The molecule has 1 atom stereocenters. The van der Waals surface area contributed by atoms with Gasteiger partial charge in [0.05, 0.1) is 6.10 Å². The molecule has 1 unspecified atom stereocenters. The van der Waals surface area contributed by atoms with Gasteiger partial charge in [-0.05, 0) is 19.4 Å². The number of aromatic nitrogens is 3. The van der Waals surface area contributed by atoms with Crippen molar-refractivity contribution < 1.29 is 5.11 Å². The second kappa shape index (κ2) is 3.96. The summed E-state index contributed by atoms with van der Waals surface area (Å²) < 4.78 is 1.91. The van der Waals surface area contributed by atoms with Gasteiger partial charge in [-0.15, -0.1) is 0 Å². The SMILES string of the molecule is Cc1cccc(-c2nc3n(n2)CCC(O)C3)c1. The third-order valence-electron chi connectivity index (χ3n) is 3.12. The maximum Gasteiger partial charge on any atom is 0.181 e. The average Bonchev–Trinajstić information content (AvgIpc) is 2.72. The van der Waals surface area contributed by atoms with E-state index in [1.54, 1.807) is 0 Å². The smallest absolute Gasteiger partial charge is 0.181 e. The number of hydrogen-bond acceptors (Lipinski definition) is 3. The molecular weight excluding hydrogens is 214 g/mol. The molecule has 2 heterocycles. The number of aryl methyl sites for hydroxylation is 2. The van der Waals surface area contributed by atoms with E-state index in [-0.39, 0.29) is 6.10 Å². The van der Waals surface area contributed by atoms with Crippen molar-refractivity contribution in [3.63, 3.8) is 0 Å². The van der Waals surface area contributed by atoms with Crippen LogP contribution in [-0.2, 0) is 13.0 Å². The Labute approximate surface area is 99.9 Å². The molecule has 3 rings (SSSR count). The van der Waals surface area contributed by atoms with Gasteiger partial charge >= 0.3 is 0 Å². The van der Waals surface area contributed by atoms with Crippen molar-refractivity contribution in [2.24, 2.45) is 0 Å². The highest BCUT2D eigenvalue weighted by atomic mass is 16.3. The third kappa shape index (κ3) is 1.96. The quantitative estimate of drug-likeness (QED) is 0.807. The Hall–Kier alpha value is -1.68. The van der Waals surface area contributed by atoms with Crippen molar-refractivity contribution in [3.8, 4) is 11.4 Å². The van der Waals surface area contributed by atoms with Gasteiger partial charge in [0.15, 0.2) is 5.82 Å². The van der Waals surface area contributed by atoms with E-state index in [0.29, 0.717) is 6.42 Å². The van der Waals surface area contributed by atoms with Crippen LogP contribution >= 0.6 is 0 Å². The van der Waals surface area contributed by atoms with E-state index in [1.165, 1.54) is 5.56 Å². The van der Waals surface area contributed by atoms with Gasteiger partial charge in [0.2, 0.25) is 0 Å². The molecule has 0 amide bonds. The second-order valence-corrected chi connectivity index (χ2v) is 4.59. The summed E-state index contributed by atoms with van der Waals surface area (Å²) in [4.78, 5) is 4.50. The monoisotopic (exact) mass is 229 g/mol. The van der Waals surface area contributed by atoms with Gasteiger partial charge in [0.25, 0.3) is 0 Å². The lowest BCUT2D eigenvalue weighted by molar-refractivity contribution is 0.138. The Kier molecular flexibility index (Phi) is 2.44. The molecule has 0 radical (unpaired) electrons. The molecule has 88 valence electrons. The maximum atomic E-state index is 9.60. The summed E-state index contributed by atoms with van der Waals surface area (Å²) in [5.41, 5.74) is 2.25. The van der Waals surface area contributed by atoms with Crippen LogP contribution in [0.15, 0.2) is 24.3 Å². The normalized spacial score (nSPS) is 19.1. The molecule has 0 spiro atoms. The van der Waals surface area contributed by atoms with Gasteiger partial charge in [0.1, 0.15) is 5.82 Å². The van der Waals surface area contributed by atoms with Crippen LogP contribution in [0.4, 0.5) is 0 Å². The summed E-state index contributed by atoms with van der Waals surface area (Å²) in [6.07, 6.45) is 1.11. The summed E-state index contributed by atoms with van der Waals surface area (Å²) >= 11 is 0. The number of aliphatic hydroxyl groups excluding tert-OH is 1. The topological polar surface area (TPSA) is 50.9 Å². The third-order valence-corrected chi connectivity index (χ3v) is 3.12. The number of nitrogens with zero attached hydrogens (tertiary/aromatic N) is 3. The Morgan fingerprint density at radius 2 is 2.29 bits per heavy atom. The van der Waals surface area contributed by atoms with Crippen LogP contribution in [0.3, 0.4) is 0 Å². The fourth-order valence-electron chi connectivity index (χ4n) is 2.20. The lowest BCUT2D eigenvalue weighted by Crippen LogP contribution is -2.23. The van der Waals surface area contributed by atoms with Crippen LogP contribution in [0.25, 0.3) is 11.4 Å². The largest absolute Gasteiger partial charge is 0.393 e. The van der Waals surface area contributed by atoms with Crippen molar-refractivity contribution in [1.29, 1.82) is 0 Å². The Morgan fingerprint density at radius 1 is 1.41 bits per heavy atom. The van der Waals surface area contributed by atoms with Gasteiger partial charge in [-0.25, -0.2) is 9.67 Å². The van der Waals surface area contributed by atoms with Crippen molar-refractivity contribution in [2.75, 3.05) is 0 Å². The summed E-state index contributed by atoms with van der Waals surface area (Å²) in [6.45, 7) is 2.82. The van der Waals surface area contributed by atoms with Crippen LogP contribution in [-0.4, -0.2) is 26.0 Å². The van der Waals surface area contributed by atoms with E-state index >= 15 is 0 Å². The van der Waals surface area contributed by atoms with E-state index in [2.05, 4.69) is 29.1 Å². The van der Waals surface area contributed by atoms with Gasteiger partial charge in [0, 0.05) is 18.5 Å².